The van der Waals surface area contributed by atoms with E-state index in [2.05, 4.69) is 42.5 Å². The van der Waals surface area contributed by atoms with E-state index in [-0.39, 0.29) is 0 Å². The van der Waals surface area contributed by atoms with Gasteiger partial charge in [0.2, 0.25) is 0 Å². The van der Waals surface area contributed by atoms with Crippen molar-refractivity contribution in [2.45, 2.75) is 38.8 Å². The normalized spacial score (nSPS) is 36.1. The average molecular weight is 258 g/mol. The molecule has 0 amide bonds. The van der Waals surface area contributed by atoms with Crippen LogP contribution in [0.25, 0.3) is 0 Å². The van der Waals surface area contributed by atoms with Crippen molar-refractivity contribution in [1.29, 1.82) is 0 Å². The lowest BCUT2D eigenvalue weighted by molar-refractivity contribution is 0.229. The first kappa shape index (κ1) is 11.6. The Labute approximate surface area is 115 Å². The highest BCUT2D eigenvalue weighted by molar-refractivity contribution is 5.47. The molecule has 0 aromatic rings. The smallest absolute Gasteiger partial charge is 0.143 e. The minimum Gasteiger partial charge on any atom is -0.487 e. The molecule has 1 aliphatic carbocycles. The molecule has 4 rings (SSSR count). The predicted molar refractivity (Wildman–Crippen MR) is 75.2 cm³/mol. The number of nitrogens with zero attached hydrogens (tertiary/aromatic N) is 1. The van der Waals surface area contributed by atoms with Gasteiger partial charge < -0.3 is 15.0 Å². The van der Waals surface area contributed by atoms with Gasteiger partial charge >= 0.3 is 0 Å². The van der Waals surface area contributed by atoms with Gasteiger partial charge in [-0.2, -0.15) is 0 Å². The topological polar surface area (TPSA) is 24.5 Å². The zero-order valence-corrected chi connectivity index (χ0v) is 11.7. The van der Waals surface area contributed by atoms with Gasteiger partial charge in [0, 0.05) is 36.6 Å². The fraction of sp³-hybridized carbons (Fsp3) is 0.625. The molecule has 3 heterocycles. The van der Waals surface area contributed by atoms with E-state index in [1.807, 2.05) is 0 Å². The third-order valence-electron chi connectivity index (χ3n) is 5.08. The Balaban J connectivity index is 1.58. The minimum atomic E-state index is 0.573. The Bertz CT molecular complexity index is 489. The standard InChI is InChI=1S/C16H22N2O/c1-10(2)14-9-19-16-8-18(4-3-13(14)16)15-6-12-5-11(15)7-17-12/h3-4,8,10-12,15,17H,5-7,9H2,1-2H3. The van der Waals surface area contributed by atoms with E-state index in [9.17, 15) is 0 Å². The molecule has 3 atom stereocenters. The molecular weight excluding hydrogens is 236 g/mol. The molecule has 0 spiro atoms. The van der Waals surface area contributed by atoms with Crippen LogP contribution in [0.4, 0.5) is 0 Å². The Kier molecular flexibility index (Phi) is 2.52. The van der Waals surface area contributed by atoms with E-state index in [0.717, 1.165) is 24.3 Å². The van der Waals surface area contributed by atoms with Gasteiger partial charge in [-0.15, -0.1) is 0 Å². The van der Waals surface area contributed by atoms with Gasteiger partial charge in [0.1, 0.15) is 12.4 Å². The Morgan fingerprint density at radius 2 is 2.26 bits per heavy atom. The number of fused-ring (bicyclic) bond motifs is 3. The number of piperidine rings is 1. The summed E-state index contributed by atoms with van der Waals surface area (Å²) in [6.07, 6.45) is 9.38. The highest BCUT2D eigenvalue weighted by Crippen LogP contribution is 2.39. The summed E-state index contributed by atoms with van der Waals surface area (Å²) in [5.74, 6) is 2.47. The molecule has 19 heavy (non-hydrogen) atoms. The van der Waals surface area contributed by atoms with Crippen molar-refractivity contribution < 1.29 is 4.74 Å². The van der Waals surface area contributed by atoms with Crippen LogP contribution < -0.4 is 5.32 Å². The maximum Gasteiger partial charge on any atom is 0.143 e. The second-order valence-electron chi connectivity index (χ2n) is 6.54. The van der Waals surface area contributed by atoms with Crippen molar-refractivity contribution in [3.05, 3.63) is 35.4 Å². The number of hydrogen-bond donors (Lipinski definition) is 1. The van der Waals surface area contributed by atoms with Gasteiger partial charge in [-0.05, 0) is 36.3 Å². The fourth-order valence-corrected chi connectivity index (χ4v) is 3.96. The summed E-state index contributed by atoms with van der Waals surface area (Å²) < 4.78 is 5.88. The summed E-state index contributed by atoms with van der Waals surface area (Å²) in [5, 5.41) is 3.58. The predicted octanol–water partition coefficient (Wildman–Crippen LogP) is 2.39. The third-order valence-corrected chi connectivity index (χ3v) is 5.08. The van der Waals surface area contributed by atoms with Crippen LogP contribution in [0.3, 0.4) is 0 Å². The van der Waals surface area contributed by atoms with Gasteiger partial charge in [-0.25, -0.2) is 0 Å². The highest BCUT2D eigenvalue weighted by atomic mass is 16.5. The molecule has 0 radical (unpaired) electrons. The SMILES string of the molecule is CC(C)C1=C2C=CN(C3CC4CC3CN4)C=C2OC1. The van der Waals surface area contributed by atoms with Gasteiger partial charge in [0.25, 0.3) is 0 Å². The molecule has 2 bridgehead atoms. The first-order valence-corrected chi connectivity index (χ1v) is 7.49. The molecule has 2 fully saturated rings. The molecule has 4 aliphatic rings. The number of ether oxygens (including phenoxy) is 1. The van der Waals surface area contributed by atoms with E-state index < -0.39 is 0 Å². The molecule has 0 aromatic heterocycles. The number of rotatable bonds is 2. The van der Waals surface area contributed by atoms with E-state index in [4.69, 9.17) is 4.74 Å². The zero-order chi connectivity index (χ0) is 13.0. The van der Waals surface area contributed by atoms with Crippen molar-refractivity contribution in [2.24, 2.45) is 11.8 Å². The van der Waals surface area contributed by atoms with E-state index in [0.29, 0.717) is 12.0 Å². The number of hydrogen-bond acceptors (Lipinski definition) is 3. The van der Waals surface area contributed by atoms with Crippen LogP contribution in [0.1, 0.15) is 26.7 Å². The van der Waals surface area contributed by atoms with E-state index in [1.54, 1.807) is 0 Å². The highest BCUT2D eigenvalue weighted by Gasteiger charge is 2.42. The van der Waals surface area contributed by atoms with E-state index >= 15 is 0 Å². The monoisotopic (exact) mass is 258 g/mol. The van der Waals surface area contributed by atoms with Crippen LogP contribution in [0.2, 0.25) is 0 Å². The number of allylic oxidation sites excluding steroid dienone is 1. The fourth-order valence-electron chi connectivity index (χ4n) is 3.96. The van der Waals surface area contributed by atoms with Crippen molar-refractivity contribution in [3.63, 3.8) is 0 Å². The largest absolute Gasteiger partial charge is 0.487 e. The minimum absolute atomic E-state index is 0.573. The van der Waals surface area contributed by atoms with Crippen LogP contribution in [0, 0.1) is 11.8 Å². The lowest BCUT2D eigenvalue weighted by Crippen LogP contribution is -2.40. The maximum atomic E-state index is 5.88. The van der Waals surface area contributed by atoms with Crippen molar-refractivity contribution in [1.82, 2.24) is 10.2 Å². The summed E-state index contributed by atoms with van der Waals surface area (Å²) in [4.78, 5) is 2.40. The molecular formula is C16H22N2O. The molecule has 1 saturated carbocycles. The van der Waals surface area contributed by atoms with Gasteiger partial charge in [-0.1, -0.05) is 13.8 Å². The summed E-state index contributed by atoms with van der Waals surface area (Å²) in [6, 6.07) is 1.41. The van der Waals surface area contributed by atoms with Crippen molar-refractivity contribution >= 4 is 0 Å². The summed E-state index contributed by atoms with van der Waals surface area (Å²) in [7, 11) is 0. The second kappa shape index (κ2) is 4.14. The molecule has 3 heteroatoms. The molecule has 102 valence electrons. The summed E-state index contributed by atoms with van der Waals surface area (Å²) in [5.41, 5.74) is 2.77. The average Bonchev–Trinajstić information content (AvgIpc) is 3.12. The van der Waals surface area contributed by atoms with Gasteiger partial charge in [-0.3, -0.25) is 0 Å². The van der Waals surface area contributed by atoms with Gasteiger partial charge in [0.15, 0.2) is 0 Å². The van der Waals surface area contributed by atoms with Gasteiger partial charge in [0.05, 0.1) is 0 Å². The molecule has 1 saturated heterocycles. The Morgan fingerprint density at radius 3 is 2.95 bits per heavy atom. The zero-order valence-electron chi connectivity index (χ0n) is 11.7. The molecule has 3 aliphatic heterocycles. The molecule has 3 nitrogen and oxygen atoms in total. The lowest BCUT2D eigenvalue weighted by Gasteiger charge is -2.33. The molecule has 0 aromatic carbocycles. The Morgan fingerprint density at radius 1 is 1.37 bits per heavy atom. The first-order chi connectivity index (χ1) is 9.22. The van der Waals surface area contributed by atoms with Crippen molar-refractivity contribution in [3.8, 4) is 0 Å². The van der Waals surface area contributed by atoms with E-state index in [1.165, 1.54) is 30.5 Å². The van der Waals surface area contributed by atoms with Crippen LogP contribution >= 0.6 is 0 Å². The van der Waals surface area contributed by atoms with Crippen molar-refractivity contribution in [2.75, 3.05) is 13.2 Å². The Hall–Kier alpha value is -1.22. The quantitative estimate of drug-likeness (QED) is 0.823. The van der Waals surface area contributed by atoms with Crippen LogP contribution in [-0.4, -0.2) is 30.1 Å². The summed E-state index contributed by atoms with van der Waals surface area (Å²) >= 11 is 0. The van der Waals surface area contributed by atoms with Crippen LogP contribution in [-0.2, 0) is 4.74 Å². The lowest BCUT2D eigenvalue weighted by atomic mass is 9.96. The molecule has 3 unspecified atom stereocenters. The third kappa shape index (κ3) is 1.75. The maximum absolute atomic E-state index is 5.88. The first-order valence-electron chi connectivity index (χ1n) is 7.49. The number of nitrogens with one attached hydrogen (secondary N) is 1. The van der Waals surface area contributed by atoms with Crippen LogP contribution in [0.15, 0.2) is 35.4 Å². The summed E-state index contributed by atoms with van der Waals surface area (Å²) in [6.45, 7) is 6.45. The second-order valence-corrected chi connectivity index (χ2v) is 6.54. The van der Waals surface area contributed by atoms with Crippen LogP contribution in [0.5, 0.6) is 0 Å². The molecule has 1 N–H and O–H groups in total.